The Labute approximate surface area is 274 Å². The summed E-state index contributed by atoms with van der Waals surface area (Å²) in [5.74, 6) is 1.08. The van der Waals surface area contributed by atoms with Crippen molar-refractivity contribution in [2.45, 2.75) is 13.3 Å². The second-order valence-electron chi connectivity index (χ2n) is 12.2. The normalized spacial score (nSPS) is 11.6. The van der Waals surface area contributed by atoms with Crippen molar-refractivity contribution >= 4 is 43.4 Å². The number of aryl methyl sites for hydroxylation is 1. The van der Waals surface area contributed by atoms with E-state index in [2.05, 4.69) is 175 Å². The van der Waals surface area contributed by atoms with E-state index < -0.39 is 0 Å². The van der Waals surface area contributed by atoms with Gasteiger partial charge in [0.25, 0.3) is 0 Å². The molecule has 47 heavy (non-hydrogen) atoms. The first kappa shape index (κ1) is 27.3. The van der Waals surface area contributed by atoms with Crippen LogP contribution in [0.1, 0.15) is 12.7 Å². The summed E-state index contributed by atoms with van der Waals surface area (Å²) >= 11 is 0. The Balaban J connectivity index is 1.26. The number of rotatable bonds is 5. The summed E-state index contributed by atoms with van der Waals surface area (Å²) in [6, 6.07) is 59.5. The van der Waals surface area contributed by atoms with E-state index in [0.29, 0.717) is 0 Å². The van der Waals surface area contributed by atoms with Gasteiger partial charge in [0.15, 0.2) is 0 Å². The Morgan fingerprint density at radius 1 is 0.468 bits per heavy atom. The molecule has 1 heterocycles. The zero-order valence-electron chi connectivity index (χ0n) is 26.2. The third-order valence-corrected chi connectivity index (χ3v) is 9.53. The van der Waals surface area contributed by atoms with Crippen LogP contribution in [-0.4, -0.2) is 9.55 Å². The third-order valence-electron chi connectivity index (χ3n) is 9.53. The van der Waals surface area contributed by atoms with Crippen molar-refractivity contribution in [3.8, 4) is 39.1 Å². The summed E-state index contributed by atoms with van der Waals surface area (Å²) in [7, 11) is 0. The maximum absolute atomic E-state index is 4.91. The minimum atomic E-state index is 0.873. The van der Waals surface area contributed by atoms with Crippen LogP contribution >= 0.6 is 0 Å². The van der Waals surface area contributed by atoms with Gasteiger partial charge in [0.05, 0.1) is 11.0 Å². The lowest BCUT2D eigenvalue weighted by Crippen LogP contribution is -2.00. The first-order valence-electron chi connectivity index (χ1n) is 16.4. The fourth-order valence-corrected chi connectivity index (χ4v) is 7.43. The molecule has 222 valence electrons. The van der Waals surface area contributed by atoms with E-state index in [0.717, 1.165) is 29.0 Å². The Hall–Kier alpha value is -5.99. The molecule has 0 amide bonds. The van der Waals surface area contributed by atoms with Crippen LogP contribution in [0.2, 0.25) is 0 Å². The van der Waals surface area contributed by atoms with Crippen LogP contribution in [-0.2, 0) is 6.42 Å². The summed E-state index contributed by atoms with van der Waals surface area (Å²) in [5, 5.41) is 7.49. The van der Waals surface area contributed by atoms with Gasteiger partial charge in [0.1, 0.15) is 5.82 Å². The number of imidazole rings is 1. The molecule has 0 saturated carbocycles. The quantitative estimate of drug-likeness (QED) is 0.180. The first-order valence-corrected chi connectivity index (χ1v) is 16.4. The molecule has 0 unspecified atom stereocenters. The molecule has 2 heteroatoms. The van der Waals surface area contributed by atoms with Gasteiger partial charge in [0.2, 0.25) is 0 Å². The predicted molar refractivity (Wildman–Crippen MR) is 199 cm³/mol. The molecular formula is C45H32N2. The molecule has 0 radical (unpaired) electrons. The van der Waals surface area contributed by atoms with E-state index in [9.17, 15) is 0 Å². The summed E-state index contributed by atoms with van der Waals surface area (Å²) in [5.41, 5.74) is 10.8. The SMILES string of the molecule is CCc1nc2ccccc2n1-c1ccc2cc(-c3c4ccccc4c(-c4ccccc4-c4ccccc4)c4ccccc34)ccc2c1. The van der Waals surface area contributed by atoms with E-state index in [-0.39, 0.29) is 0 Å². The maximum atomic E-state index is 4.91. The molecule has 1 aromatic heterocycles. The summed E-state index contributed by atoms with van der Waals surface area (Å²) in [4.78, 5) is 4.91. The van der Waals surface area contributed by atoms with Crippen molar-refractivity contribution in [2.24, 2.45) is 0 Å². The van der Waals surface area contributed by atoms with Crippen molar-refractivity contribution in [1.82, 2.24) is 9.55 Å². The van der Waals surface area contributed by atoms with E-state index in [4.69, 9.17) is 4.98 Å². The fourth-order valence-electron chi connectivity index (χ4n) is 7.43. The number of hydrogen-bond acceptors (Lipinski definition) is 1. The molecule has 9 aromatic rings. The highest BCUT2D eigenvalue weighted by Gasteiger charge is 2.19. The van der Waals surface area contributed by atoms with Crippen LogP contribution < -0.4 is 0 Å². The summed E-state index contributed by atoms with van der Waals surface area (Å²) in [6.07, 6.45) is 0.873. The van der Waals surface area contributed by atoms with Crippen molar-refractivity contribution < 1.29 is 0 Å². The van der Waals surface area contributed by atoms with Gasteiger partial charge in [-0.25, -0.2) is 4.98 Å². The third kappa shape index (κ3) is 4.45. The summed E-state index contributed by atoms with van der Waals surface area (Å²) < 4.78 is 2.30. The monoisotopic (exact) mass is 600 g/mol. The predicted octanol–water partition coefficient (Wildman–Crippen LogP) is 12.0. The van der Waals surface area contributed by atoms with Crippen molar-refractivity contribution in [2.75, 3.05) is 0 Å². The zero-order chi connectivity index (χ0) is 31.3. The van der Waals surface area contributed by atoms with Crippen LogP contribution in [0.3, 0.4) is 0 Å². The zero-order valence-corrected chi connectivity index (χ0v) is 26.2. The number of nitrogens with zero attached hydrogens (tertiary/aromatic N) is 2. The maximum Gasteiger partial charge on any atom is 0.114 e. The van der Waals surface area contributed by atoms with E-state index in [1.54, 1.807) is 0 Å². The van der Waals surface area contributed by atoms with Crippen molar-refractivity contribution in [3.05, 3.63) is 170 Å². The minimum absolute atomic E-state index is 0.873. The van der Waals surface area contributed by atoms with Gasteiger partial charge in [-0.3, -0.25) is 4.57 Å². The molecule has 0 aliphatic carbocycles. The number of para-hydroxylation sites is 2. The Kier molecular flexibility index (Phi) is 6.46. The smallest absolute Gasteiger partial charge is 0.114 e. The molecule has 0 atom stereocenters. The molecule has 2 nitrogen and oxygen atoms in total. The number of hydrogen-bond donors (Lipinski definition) is 0. The highest BCUT2D eigenvalue weighted by atomic mass is 15.1. The van der Waals surface area contributed by atoms with Crippen LogP contribution in [0.4, 0.5) is 0 Å². The minimum Gasteiger partial charge on any atom is -0.296 e. The van der Waals surface area contributed by atoms with Gasteiger partial charge in [-0.1, -0.05) is 140 Å². The van der Waals surface area contributed by atoms with Crippen molar-refractivity contribution in [1.29, 1.82) is 0 Å². The second kappa shape index (κ2) is 11.1. The lowest BCUT2D eigenvalue weighted by Gasteiger charge is -2.20. The highest BCUT2D eigenvalue weighted by molar-refractivity contribution is 6.22. The van der Waals surface area contributed by atoms with Crippen LogP contribution in [0.5, 0.6) is 0 Å². The van der Waals surface area contributed by atoms with E-state index in [1.165, 1.54) is 65.7 Å². The van der Waals surface area contributed by atoms with Gasteiger partial charge < -0.3 is 0 Å². The lowest BCUT2D eigenvalue weighted by molar-refractivity contribution is 0.909. The van der Waals surface area contributed by atoms with Crippen LogP contribution in [0, 0.1) is 0 Å². The van der Waals surface area contributed by atoms with E-state index >= 15 is 0 Å². The average molecular weight is 601 g/mol. The summed E-state index contributed by atoms with van der Waals surface area (Å²) in [6.45, 7) is 2.17. The molecule has 0 fully saturated rings. The number of aromatic nitrogens is 2. The Morgan fingerprint density at radius 2 is 1.04 bits per heavy atom. The van der Waals surface area contributed by atoms with E-state index in [1.807, 2.05) is 0 Å². The number of fused-ring (bicyclic) bond motifs is 4. The molecule has 0 N–H and O–H groups in total. The second-order valence-corrected chi connectivity index (χ2v) is 12.2. The fraction of sp³-hybridized carbons (Fsp3) is 0.0444. The van der Waals surface area contributed by atoms with Gasteiger partial charge in [-0.2, -0.15) is 0 Å². The van der Waals surface area contributed by atoms with Gasteiger partial charge in [0, 0.05) is 12.1 Å². The Bertz CT molecular complexity index is 2550. The molecule has 8 aromatic carbocycles. The molecule has 0 saturated heterocycles. The van der Waals surface area contributed by atoms with Crippen LogP contribution in [0.25, 0.3) is 82.4 Å². The average Bonchev–Trinajstić information content (AvgIpc) is 3.53. The Morgan fingerprint density at radius 3 is 1.77 bits per heavy atom. The molecule has 0 spiro atoms. The molecular weight excluding hydrogens is 569 g/mol. The standard InChI is InChI=1S/C45H32N2/c1-2-43-46-41-22-12-13-23-42(41)47(43)34-27-26-31-28-33(25-24-32(31)29-34)44-37-18-8-10-20-39(37)45(40-21-11-9-19-38(40)44)36-17-7-6-16-35(36)30-14-4-3-5-15-30/h3-29H,2H2,1H3. The first-order chi connectivity index (χ1) is 23.3. The molecule has 0 aliphatic heterocycles. The van der Waals surface area contributed by atoms with Gasteiger partial charge in [-0.05, 0) is 96.0 Å². The highest BCUT2D eigenvalue weighted by Crippen LogP contribution is 2.46. The van der Waals surface area contributed by atoms with Gasteiger partial charge >= 0.3 is 0 Å². The molecule has 9 rings (SSSR count). The van der Waals surface area contributed by atoms with Crippen molar-refractivity contribution in [3.63, 3.8) is 0 Å². The topological polar surface area (TPSA) is 17.8 Å². The lowest BCUT2D eigenvalue weighted by atomic mass is 9.83. The van der Waals surface area contributed by atoms with Crippen LogP contribution in [0.15, 0.2) is 164 Å². The molecule has 0 aliphatic rings. The van der Waals surface area contributed by atoms with Gasteiger partial charge in [-0.15, -0.1) is 0 Å². The molecule has 0 bridgehead atoms. The number of benzene rings is 8. The largest absolute Gasteiger partial charge is 0.296 e.